The molecule has 0 saturated carbocycles. The predicted octanol–water partition coefficient (Wildman–Crippen LogP) is 2.89. The lowest BCUT2D eigenvalue weighted by Gasteiger charge is -2.37. The van der Waals surface area contributed by atoms with Crippen molar-refractivity contribution in [1.82, 2.24) is 4.31 Å². The van der Waals surface area contributed by atoms with Crippen molar-refractivity contribution in [3.8, 4) is 0 Å². The third-order valence-electron chi connectivity index (χ3n) is 4.26. The normalized spacial score (nSPS) is 16.3. The Kier molecular flexibility index (Phi) is 4.53. The van der Waals surface area contributed by atoms with E-state index in [1.807, 2.05) is 50.2 Å². The van der Waals surface area contributed by atoms with Crippen LogP contribution in [0.1, 0.15) is 16.7 Å². The molecule has 23 heavy (non-hydrogen) atoms. The lowest BCUT2D eigenvalue weighted by atomic mass is 10.1. The fraction of sp³-hybridized carbons (Fsp3) is 0.333. The van der Waals surface area contributed by atoms with Gasteiger partial charge in [0, 0.05) is 13.1 Å². The highest BCUT2D eigenvalue weighted by Crippen LogP contribution is 2.25. The molecule has 1 saturated heterocycles. The first-order chi connectivity index (χ1) is 11.0. The fourth-order valence-corrected chi connectivity index (χ4v) is 4.10. The molecule has 0 aromatic heterocycles. The number of nitrogens with zero attached hydrogens (tertiary/aromatic N) is 1. The van der Waals surface area contributed by atoms with Crippen LogP contribution in [0, 0.1) is 13.8 Å². The van der Waals surface area contributed by atoms with Gasteiger partial charge in [0.2, 0.25) is 10.0 Å². The molecule has 4 nitrogen and oxygen atoms in total. The summed E-state index contributed by atoms with van der Waals surface area (Å²) in [6.07, 6.45) is -0.0310. The number of benzene rings is 2. The van der Waals surface area contributed by atoms with Crippen LogP contribution in [0.4, 0.5) is 0 Å². The Bertz CT molecular complexity index is 781. The Labute approximate surface area is 137 Å². The number of hydrogen-bond acceptors (Lipinski definition) is 3. The van der Waals surface area contributed by atoms with Crippen molar-refractivity contribution in [2.45, 2.75) is 31.5 Å². The van der Waals surface area contributed by atoms with Gasteiger partial charge in [-0.05, 0) is 42.7 Å². The molecule has 2 aromatic carbocycles. The summed E-state index contributed by atoms with van der Waals surface area (Å²) in [5, 5.41) is 0. The average molecular weight is 331 g/mol. The van der Waals surface area contributed by atoms with E-state index in [4.69, 9.17) is 4.74 Å². The van der Waals surface area contributed by atoms with Crippen molar-refractivity contribution < 1.29 is 13.2 Å². The molecule has 0 amide bonds. The second-order valence-corrected chi connectivity index (χ2v) is 7.92. The van der Waals surface area contributed by atoms with Crippen LogP contribution in [-0.2, 0) is 21.4 Å². The SMILES string of the molecule is Cc1ccc(S(=O)(=O)N2CC(OCc3ccccc3)C2)cc1C. The van der Waals surface area contributed by atoms with Gasteiger partial charge < -0.3 is 4.74 Å². The molecule has 0 radical (unpaired) electrons. The van der Waals surface area contributed by atoms with Crippen LogP contribution < -0.4 is 0 Å². The zero-order chi connectivity index (χ0) is 16.4. The molecule has 0 aliphatic carbocycles. The maximum Gasteiger partial charge on any atom is 0.243 e. The maximum absolute atomic E-state index is 12.6. The molecule has 0 spiro atoms. The summed E-state index contributed by atoms with van der Waals surface area (Å²) in [6, 6.07) is 15.2. The largest absolute Gasteiger partial charge is 0.371 e. The molecule has 122 valence electrons. The molecule has 1 aliphatic rings. The topological polar surface area (TPSA) is 46.6 Å². The lowest BCUT2D eigenvalue weighted by Crippen LogP contribution is -2.54. The predicted molar refractivity (Wildman–Crippen MR) is 89.7 cm³/mol. The molecular weight excluding hydrogens is 310 g/mol. The van der Waals surface area contributed by atoms with Crippen LogP contribution in [-0.4, -0.2) is 31.9 Å². The summed E-state index contributed by atoms with van der Waals surface area (Å²) in [6.45, 7) is 5.26. The number of aryl methyl sites for hydroxylation is 2. The van der Waals surface area contributed by atoms with Gasteiger partial charge in [0.1, 0.15) is 0 Å². The average Bonchev–Trinajstić information content (AvgIpc) is 2.49. The van der Waals surface area contributed by atoms with Gasteiger partial charge in [0.05, 0.1) is 17.6 Å². The molecule has 1 fully saturated rings. The van der Waals surface area contributed by atoms with Crippen LogP contribution >= 0.6 is 0 Å². The van der Waals surface area contributed by atoms with Crippen molar-refractivity contribution in [2.75, 3.05) is 13.1 Å². The number of rotatable bonds is 5. The summed E-state index contributed by atoms with van der Waals surface area (Å²) in [5.74, 6) is 0. The van der Waals surface area contributed by atoms with Gasteiger partial charge >= 0.3 is 0 Å². The first kappa shape index (κ1) is 16.2. The Morgan fingerprint density at radius 3 is 2.39 bits per heavy atom. The minimum absolute atomic E-state index is 0.0310. The second kappa shape index (κ2) is 6.43. The van der Waals surface area contributed by atoms with Crippen LogP contribution in [0.25, 0.3) is 0 Å². The van der Waals surface area contributed by atoms with E-state index in [9.17, 15) is 8.42 Å². The minimum atomic E-state index is -3.40. The zero-order valence-corrected chi connectivity index (χ0v) is 14.2. The molecule has 0 N–H and O–H groups in total. The van der Waals surface area contributed by atoms with E-state index in [2.05, 4.69) is 0 Å². The highest BCUT2D eigenvalue weighted by atomic mass is 32.2. The zero-order valence-electron chi connectivity index (χ0n) is 13.4. The molecule has 0 atom stereocenters. The van der Waals surface area contributed by atoms with Gasteiger partial charge in [-0.2, -0.15) is 4.31 Å². The van der Waals surface area contributed by atoms with E-state index in [0.717, 1.165) is 16.7 Å². The fourth-order valence-electron chi connectivity index (χ4n) is 2.51. The molecule has 0 unspecified atom stereocenters. The number of ether oxygens (including phenoxy) is 1. The maximum atomic E-state index is 12.6. The van der Waals surface area contributed by atoms with Crippen molar-refractivity contribution in [3.63, 3.8) is 0 Å². The van der Waals surface area contributed by atoms with E-state index in [0.29, 0.717) is 24.6 Å². The van der Waals surface area contributed by atoms with Crippen molar-refractivity contribution in [3.05, 3.63) is 65.2 Å². The first-order valence-electron chi connectivity index (χ1n) is 7.70. The van der Waals surface area contributed by atoms with E-state index in [1.54, 1.807) is 12.1 Å². The van der Waals surface area contributed by atoms with Crippen LogP contribution in [0.15, 0.2) is 53.4 Å². The summed E-state index contributed by atoms with van der Waals surface area (Å²) in [4.78, 5) is 0.363. The second-order valence-electron chi connectivity index (χ2n) is 5.99. The Balaban J connectivity index is 1.58. The van der Waals surface area contributed by atoms with Gasteiger partial charge in [-0.25, -0.2) is 8.42 Å². The molecule has 0 bridgehead atoms. The molecule has 3 rings (SSSR count). The Hall–Kier alpha value is -1.69. The Morgan fingerprint density at radius 1 is 1.04 bits per heavy atom. The van der Waals surface area contributed by atoms with Gasteiger partial charge in [0.15, 0.2) is 0 Å². The number of hydrogen-bond donors (Lipinski definition) is 0. The molecule has 1 aliphatic heterocycles. The summed E-state index contributed by atoms with van der Waals surface area (Å²) in [5.41, 5.74) is 3.18. The first-order valence-corrected chi connectivity index (χ1v) is 9.14. The highest BCUT2D eigenvalue weighted by Gasteiger charge is 2.37. The minimum Gasteiger partial charge on any atom is -0.371 e. The van der Waals surface area contributed by atoms with Gasteiger partial charge in [-0.15, -0.1) is 0 Å². The van der Waals surface area contributed by atoms with Crippen LogP contribution in [0.3, 0.4) is 0 Å². The quantitative estimate of drug-likeness (QED) is 0.846. The summed E-state index contributed by atoms with van der Waals surface area (Å²) in [7, 11) is -3.40. The smallest absolute Gasteiger partial charge is 0.243 e. The Morgan fingerprint density at radius 2 is 1.74 bits per heavy atom. The standard InChI is InChI=1S/C18H21NO3S/c1-14-8-9-18(10-15(14)2)23(20,21)19-11-17(12-19)22-13-16-6-4-3-5-7-16/h3-10,17H,11-13H2,1-2H3. The lowest BCUT2D eigenvalue weighted by molar-refractivity contribution is -0.0295. The summed E-state index contributed by atoms with van der Waals surface area (Å²) < 4.78 is 32.4. The third kappa shape index (κ3) is 3.47. The summed E-state index contributed by atoms with van der Waals surface area (Å²) >= 11 is 0. The van der Waals surface area contributed by atoms with Gasteiger partial charge in [-0.3, -0.25) is 0 Å². The monoisotopic (exact) mass is 331 g/mol. The van der Waals surface area contributed by atoms with E-state index >= 15 is 0 Å². The van der Waals surface area contributed by atoms with Gasteiger partial charge in [0.25, 0.3) is 0 Å². The van der Waals surface area contributed by atoms with Crippen molar-refractivity contribution in [1.29, 1.82) is 0 Å². The van der Waals surface area contributed by atoms with Crippen molar-refractivity contribution in [2.24, 2.45) is 0 Å². The van der Waals surface area contributed by atoms with Crippen LogP contribution in [0.2, 0.25) is 0 Å². The van der Waals surface area contributed by atoms with E-state index in [1.165, 1.54) is 4.31 Å². The van der Waals surface area contributed by atoms with Crippen molar-refractivity contribution >= 4 is 10.0 Å². The molecular formula is C18H21NO3S. The van der Waals surface area contributed by atoms with Gasteiger partial charge in [-0.1, -0.05) is 36.4 Å². The van der Waals surface area contributed by atoms with Crippen LogP contribution in [0.5, 0.6) is 0 Å². The van der Waals surface area contributed by atoms with E-state index < -0.39 is 10.0 Å². The molecule has 1 heterocycles. The van der Waals surface area contributed by atoms with E-state index in [-0.39, 0.29) is 6.10 Å². The number of sulfonamides is 1. The third-order valence-corrected chi connectivity index (χ3v) is 6.09. The highest BCUT2D eigenvalue weighted by molar-refractivity contribution is 7.89. The molecule has 2 aromatic rings. The molecule has 5 heteroatoms.